The molecule has 0 fully saturated rings. The maximum absolute atomic E-state index is 11.4. The van der Waals surface area contributed by atoms with Crippen LogP contribution in [-0.4, -0.2) is 37.4 Å². The first-order chi connectivity index (χ1) is 8.20. The molecule has 0 aliphatic carbocycles. The first-order valence-electron chi connectivity index (χ1n) is 5.00. The normalized spacial score (nSPS) is 10.2. The first kappa shape index (κ1) is 11.0. The van der Waals surface area contributed by atoms with Crippen molar-refractivity contribution in [3.8, 4) is 5.82 Å². The van der Waals surface area contributed by atoms with Crippen LogP contribution in [0.5, 0.6) is 0 Å². The fourth-order valence-corrected chi connectivity index (χ4v) is 1.21. The highest BCUT2D eigenvalue weighted by Crippen LogP contribution is 2.02. The van der Waals surface area contributed by atoms with Crippen LogP contribution in [0.25, 0.3) is 5.82 Å². The second-order valence-corrected chi connectivity index (χ2v) is 3.18. The predicted molar refractivity (Wildman–Crippen MR) is 59.4 cm³/mol. The molecule has 2 rings (SSSR count). The molecule has 1 amide bonds. The second kappa shape index (κ2) is 4.56. The van der Waals surface area contributed by atoms with Crippen molar-refractivity contribution < 1.29 is 4.79 Å². The van der Waals surface area contributed by atoms with E-state index < -0.39 is 0 Å². The van der Waals surface area contributed by atoms with Gasteiger partial charge >= 0.3 is 0 Å². The summed E-state index contributed by atoms with van der Waals surface area (Å²) in [7, 11) is 0. The van der Waals surface area contributed by atoms with E-state index in [1.54, 1.807) is 12.1 Å². The molecule has 8 nitrogen and oxygen atoms in total. The highest BCUT2D eigenvalue weighted by molar-refractivity contribution is 5.92. The minimum absolute atomic E-state index is 0.152. The molecule has 17 heavy (non-hydrogen) atoms. The van der Waals surface area contributed by atoms with Crippen LogP contribution in [0.15, 0.2) is 18.5 Å². The summed E-state index contributed by atoms with van der Waals surface area (Å²) in [6, 6.07) is 3.18. The van der Waals surface area contributed by atoms with Crippen LogP contribution in [0.1, 0.15) is 17.4 Å². The lowest BCUT2D eigenvalue weighted by Gasteiger charge is -2.01. The van der Waals surface area contributed by atoms with E-state index >= 15 is 0 Å². The zero-order valence-electron chi connectivity index (χ0n) is 9.16. The number of nitrogen functional groups attached to an aromatic ring is 1. The number of nitrogens with zero attached hydrogens (tertiary/aromatic N) is 5. The third kappa shape index (κ3) is 2.36. The lowest BCUT2D eigenvalue weighted by atomic mass is 10.3. The molecule has 0 unspecified atom stereocenters. The van der Waals surface area contributed by atoms with Gasteiger partial charge in [0.25, 0.3) is 5.91 Å². The average molecular weight is 233 g/mol. The van der Waals surface area contributed by atoms with Crippen molar-refractivity contribution in [1.29, 1.82) is 0 Å². The number of hydrogen-bond donors (Lipinski definition) is 2. The Hall–Kier alpha value is -2.51. The van der Waals surface area contributed by atoms with Crippen LogP contribution in [0.3, 0.4) is 0 Å². The number of aromatic nitrogens is 5. The maximum atomic E-state index is 11.4. The monoisotopic (exact) mass is 233 g/mol. The van der Waals surface area contributed by atoms with Crippen molar-refractivity contribution in [3.05, 3.63) is 24.2 Å². The SMILES string of the molecule is CCNC(=O)c1ccc(-n2cnc(N)n2)nn1. The van der Waals surface area contributed by atoms with E-state index in [1.807, 2.05) is 6.92 Å². The molecular formula is C9H11N7O. The van der Waals surface area contributed by atoms with E-state index in [1.165, 1.54) is 11.0 Å². The molecule has 2 aromatic heterocycles. The van der Waals surface area contributed by atoms with Crippen LogP contribution in [0.4, 0.5) is 5.95 Å². The summed E-state index contributed by atoms with van der Waals surface area (Å²) in [5.41, 5.74) is 5.63. The average Bonchev–Trinajstić information content (AvgIpc) is 2.76. The molecule has 8 heteroatoms. The van der Waals surface area contributed by atoms with Crippen molar-refractivity contribution >= 4 is 11.9 Å². The van der Waals surface area contributed by atoms with E-state index in [-0.39, 0.29) is 17.5 Å². The number of carbonyl (C=O) groups excluding carboxylic acids is 1. The molecular weight excluding hydrogens is 222 g/mol. The molecule has 0 atom stereocenters. The molecule has 0 saturated heterocycles. The van der Waals surface area contributed by atoms with E-state index in [9.17, 15) is 4.79 Å². The van der Waals surface area contributed by atoms with Crippen LogP contribution >= 0.6 is 0 Å². The minimum Gasteiger partial charge on any atom is -0.366 e. The van der Waals surface area contributed by atoms with Gasteiger partial charge in [0.05, 0.1) is 0 Å². The van der Waals surface area contributed by atoms with Crippen molar-refractivity contribution in [2.24, 2.45) is 0 Å². The number of anilines is 1. The highest BCUT2D eigenvalue weighted by atomic mass is 16.1. The second-order valence-electron chi connectivity index (χ2n) is 3.18. The quantitative estimate of drug-likeness (QED) is 0.731. The number of carbonyl (C=O) groups is 1. The van der Waals surface area contributed by atoms with Crippen molar-refractivity contribution in [3.63, 3.8) is 0 Å². The molecule has 0 aromatic carbocycles. The number of hydrogen-bond acceptors (Lipinski definition) is 6. The fraction of sp³-hybridized carbons (Fsp3) is 0.222. The summed E-state index contributed by atoms with van der Waals surface area (Å²) < 4.78 is 1.38. The van der Waals surface area contributed by atoms with Crippen molar-refractivity contribution in [2.75, 3.05) is 12.3 Å². The number of nitrogens with two attached hydrogens (primary N) is 1. The van der Waals surface area contributed by atoms with Gasteiger partial charge in [-0.2, -0.15) is 4.68 Å². The van der Waals surface area contributed by atoms with Crippen LogP contribution in [-0.2, 0) is 0 Å². The summed E-state index contributed by atoms with van der Waals surface area (Å²) in [6.07, 6.45) is 1.42. The number of rotatable bonds is 3. The third-order valence-electron chi connectivity index (χ3n) is 1.96. The van der Waals surface area contributed by atoms with Gasteiger partial charge in [-0.25, -0.2) is 4.98 Å². The Balaban J connectivity index is 2.21. The van der Waals surface area contributed by atoms with Crippen LogP contribution in [0.2, 0.25) is 0 Å². The van der Waals surface area contributed by atoms with E-state index in [0.29, 0.717) is 12.4 Å². The summed E-state index contributed by atoms with van der Waals surface area (Å²) in [4.78, 5) is 15.2. The Morgan fingerprint density at radius 2 is 2.29 bits per heavy atom. The highest BCUT2D eigenvalue weighted by Gasteiger charge is 2.07. The predicted octanol–water partition coefficient (Wildman–Crippen LogP) is -0.611. The van der Waals surface area contributed by atoms with Gasteiger partial charge in [0.1, 0.15) is 6.33 Å². The van der Waals surface area contributed by atoms with Gasteiger partial charge in [0.15, 0.2) is 11.5 Å². The molecule has 0 spiro atoms. The zero-order valence-corrected chi connectivity index (χ0v) is 9.16. The fourth-order valence-electron chi connectivity index (χ4n) is 1.21. The van der Waals surface area contributed by atoms with Crippen molar-refractivity contribution in [2.45, 2.75) is 6.92 Å². The van der Waals surface area contributed by atoms with Gasteiger partial charge in [0.2, 0.25) is 5.95 Å². The van der Waals surface area contributed by atoms with Crippen LogP contribution < -0.4 is 11.1 Å². The van der Waals surface area contributed by atoms with Gasteiger partial charge in [0, 0.05) is 6.54 Å². The Morgan fingerprint density at radius 3 is 2.82 bits per heavy atom. The molecule has 2 aromatic rings. The number of nitrogens with one attached hydrogen (secondary N) is 1. The number of amides is 1. The van der Waals surface area contributed by atoms with E-state index in [4.69, 9.17) is 5.73 Å². The summed E-state index contributed by atoms with van der Waals surface area (Å²) in [5, 5.41) is 14.2. The smallest absolute Gasteiger partial charge is 0.271 e. The first-order valence-corrected chi connectivity index (χ1v) is 5.00. The lowest BCUT2D eigenvalue weighted by molar-refractivity contribution is 0.0950. The molecule has 0 saturated carbocycles. The molecule has 0 aliphatic rings. The van der Waals surface area contributed by atoms with Gasteiger partial charge in [-0.1, -0.05) is 0 Å². The summed E-state index contributed by atoms with van der Waals surface area (Å²) in [6.45, 7) is 2.37. The topological polar surface area (TPSA) is 112 Å². The molecule has 0 radical (unpaired) electrons. The van der Waals surface area contributed by atoms with Gasteiger partial charge in [-0.15, -0.1) is 15.3 Å². The van der Waals surface area contributed by atoms with Gasteiger partial charge in [-0.05, 0) is 19.1 Å². The molecule has 88 valence electrons. The Kier molecular flexibility index (Phi) is 2.95. The molecule has 0 bridgehead atoms. The largest absolute Gasteiger partial charge is 0.366 e. The van der Waals surface area contributed by atoms with E-state index in [0.717, 1.165) is 0 Å². The van der Waals surface area contributed by atoms with Crippen molar-refractivity contribution in [1.82, 2.24) is 30.3 Å². The van der Waals surface area contributed by atoms with Gasteiger partial charge < -0.3 is 11.1 Å². The Labute approximate surface area is 96.9 Å². The van der Waals surface area contributed by atoms with Crippen LogP contribution in [0, 0.1) is 0 Å². The Morgan fingerprint density at radius 1 is 1.47 bits per heavy atom. The molecule has 0 aliphatic heterocycles. The van der Waals surface area contributed by atoms with E-state index in [2.05, 4.69) is 25.6 Å². The summed E-state index contributed by atoms with van der Waals surface area (Å²) >= 11 is 0. The zero-order chi connectivity index (χ0) is 12.3. The molecule has 2 heterocycles. The maximum Gasteiger partial charge on any atom is 0.271 e. The summed E-state index contributed by atoms with van der Waals surface area (Å²) in [5.74, 6) is 0.339. The Bertz CT molecular complexity index is 518. The minimum atomic E-state index is -0.260. The lowest BCUT2D eigenvalue weighted by Crippen LogP contribution is -2.24. The molecule has 3 N–H and O–H groups in total. The standard InChI is InChI=1S/C9H11N7O/c1-2-11-8(17)6-3-4-7(14-13-6)16-5-12-9(10)15-16/h3-5H,2H2,1H3,(H2,10,15)(H,11,17). The van der Waals surface area contributed by atoms with Gasteiger partial charge in [-0.3, -0.25) is 4.79 Å². The third-order valence-corrected chi connectivity index (χ3v) is 1.96.